The molecule has 0 bridgehead atoms. The highest BCUT2D eigenvalue weighted by Gasteiger charge is 2.21. The third-order valence-electron chi connectivity index (χ3n) is 3.86. The Bertz CT molecular complexity index is 419. The summed E-state index contributed by atoms with van der Waals surface area (Å²) < 4.78 is 18.8. The maximum Gasteiger partial charge on any atom is 0.126 e. The predicted octanol–water partition coefficient (Wildman–Crippen LogP) is 2.28. The summed E-state index contributed by atoms with van der Waals surface area (Å²) in [6.45, 7) is 4.09. The van der Waals surface area contributed by atoms with Gasteiger partial charge in [-0.05, 0) is 44.0 Å². The fraction of sp³-hybridized carbons (Fsp3) is 0.600. The van der Waals surface area contributed by atoms with E-state index in [9.17, 15) is 9.50 Å². The van der Waals surface area contributed by atoms with E-state index >= 15 is 0 Å². The summed E-state index contributed by atoms with van der Waals surface area (Å²) in [7, 11) is 2.04. The Kier molecular flexibility index (Phi) is 4.91. The molecular formula is C15H22FNO2. The average molecular weight is 267 g/mol. The quantitative estimate of drug-likeness (QED) is 0.888. The van der Waals surface area contributed by atoms with E-state index in [4.69, 9.17) is 4.74 Å². The largest absolute Gasteiger partial charge is 0.388 e. The molecule has 0 radical (unpaired) electrons. The lowest BCUT2D eigenvalue weighted by Gasteiger charge is -2.24. The van der Waals surface area contributed by atoms with Crippen molar-refractivity contribution < 1.29 is 14.2 Å². The average Bonchev–Trinajstić information content (AvgIpc) is 2.92. The van der Waals surface area contributed by atoms with Gasteiger partial charge in [-0.2, -0.15) is 0 Å². The topological polar surface area (TPSA) is 32.7 Å². The van der Waals surface area contributed by atoms with Crippen LogP contribution in [0.25, 0.3) is 0 Å². The number of hydrogen-bond acceptors (Lipinski definition) is 3. The molecule has 1 saturated heterocycles. The predicted molar refractivity (Wildman–Crippen MR) is 72.6 cm³/mol. The first-order valence-electron chi connectivity index (χ1n) is 6.80. The highest BCUT2D eigenvalue weighted by molar-refractivity contribution is 5.24. The number of aryl methyl sites for hydroxylation is 1. The summed E-state index contributed by atoms with van der Waals surface area (Å²) in [6, 6.07) is 5.38. The van der Waals surface area contributed by atoms with Crippen LogP contribution in [-0.4, -0.2) is 42.9 Å². The number of aliphatic hydroxyl groups is 1. The first-order chi connectivity index (χ1) is 9.08. The van der Waals surface area contributed by atoms with Gasteiger partial charge in [-0.15, -0.1) is 0 Å². The van der Waals surface area contributed by atoms with Crippen LogP contribution in [0.4, 0.5) is 4.39 Å². The van der Waals surface area contributed by atoms with Gasteiger partial charge < -0.3 is 14.7 Å². The molecular weight excluding hydrogens is 245 g/mol. The van der Waals surface area contributed by atoms with Crippen molar-refractivity contribution in [3.05, 3.63) is 35.1 Å². The molecule has 1 aliphatic rings. The van der Waals surface area contributed by atoms with Gasteiger partial charge in [0.15, 0.2) is 0 Å². The minimum atomic E-state index is -0.611. The summed E-state index contributed by atoms with van der Waals surface area (Å²) in [5, 5.41) is 10.1. The molecule has 1 heterocycles. The summed E-state index contributed by atoms with van der Waals surface area (Å²) in [5.74, 6) is -0.255. The van der Waals surface area contributed by atoms with Crippen molar-refractivity contribution in [1.82, 2.24) is 4.90 Å². The monoisotopic (exact) mass is 267 g/mol. The summed E-state index contributed by atoms with van der Waals surface area (Å²) in [4.78, 5) is 2.21. The Balaban J connectivity index is 1.86. The number of hydrogen-bond donors (Lipinski definition) is 1. The molecule has 0 spiro atoms. The zero-order chi connectivity index (χ0) is 13.8. The van der Waals surface area contributed by atoms with Crippen LogP contribution in [0.15, 0.2) is 18.2 Å². The van der Waals surface area contributed by atoms with Gasteiger partial charge in [0.1, 0.15) is 5.82 Å². The molecule has 4 heteroatoms. The third-order valence-corrected chi connectivity index (χ3v) is 3.86. The van der Waals surface area contributed by atoms with Gasteiger partial charge in [-0.25, -0.2) is 4.39 Å². The van der Waals surface area contributed by atoms with Gasteiger partial charge in [-0.1, -0.05) is 12.1 Å². The van der Waals surface area contributed by atoms with Crippen LogP contribution in [0.2, 0.25) is 0 Å². The minimum absolute atomic E-state index is 0.255. The van der Waals surface area contributed by atoms with E-state index in [0.29, 0.717) is 23.6 Å². The van der Waals surface area contributed by atoms with Crippen molar-refractivity contribution in [2.24, 2.45) is 0 Å². The highest BCUT2D eigenvalue weighted by Crippen LogP contribution is 2.20. The molecule has 19 heavy (non-hydrogen) atoms. The molecule has 1 fully saturated rings. The van der Waals surface area contributed by atoms with Crippen LogP contribution in [0.1, 0.15) is 30.1 Å². The van der Waals surface area contributed by atoms with Gasteiger partial charge in [0.05, 0.1) is 12.7 Å². The van der Waals surface area contributed by atoms with Crippen molar-refractivity contribution in [3.8, 4) is 0 Å². The Hall–Kier alpha value is -0.970. The number of likely N-dealkylation sites (N-methyl/N-ethyl adjacent to an activating group) is 1. The summed E-state index contributed by atoms with van der Waals surface area (Å²) in [5.41, 5.74) is 1.26. The van der Waals surface area contributed by atoms with E-state index in [0.717, 1.165) is 26.2 Å². The third kappa shape index (κ3) is 3.75. The molecule has 2 rings (SSSR count). The van der Waals surface area contributed by atoms with E-state index in [1.165, 1.54) is 6.07 Å². The van der Waals surface area contributed by atoms with Crippen LogP contribution >= 0.6 is 0 Å². The zero-order valence-electron chi connectivity index (χ0n) is 11.6. The molecule has 0 aromatic heterocycles. The molecule has 0 aliphatic carbocycles. The van der Waals surface area contributed by atoms with Crippen molar-refractivity contribution in [1.29, 1.82) is 0 Å². The molecule has 106 valence electrons. The number of ether oxygens (including phenoxy) is 1. The highest BCUT2D eigenvalue weighted by atomic mass is 19.1. The fourth-order valence-electron chi connectivity index (χ4n) is 2.36. The van der Waals surface area contributed by atoms with E-state index in [-0.39, 0.29) is 5.82 Å². The lowest BCUT2D eigenvalue weighted by Crippen LogP contribution is -2.33. The van der Waals surface area contributed by atoms with Gasteiger partial charge >= 0.3 is 0 Å². The molecule has 2 unspecified atom stereocenters. The van der Waals surface area contributed by atoms with Crippen LogP contribution in [0.3, 0.4) is 0 Å². The number of benzene rings is 1. The van der Waals surface area contributed by atoms with E-state index < -0.39 is 6.10 Å². The molecule has 3 nitrogen and oxygen atoms in total. The standard InChI is InChI=1S/C15H22FNO2/c1-11-3-4-12(9-14(11)16)15(18)5-7-17(2)13-6-8-19-10-13/h3-4,9,13,15,18H,5-8,10H2,1-2H3. The van der Waals surface area contributed by atoms with Gasteiger partial charge in [-0.3, -0.25) is 0 Å². The molecule has 0 saturated carbocycles. The van der Waals surface area contributed by atoms with E-state index in [1.807, 2.05) is 7.05 Å². The normalized spacial score (nSPS) is 21.0. The lowest BCUT2D eigenvalue weighted by molar-refractivity contribution is 0.124. The second-order valence-electron chi connectivity index (χ2n) is 5.31. The van der Waals surface area contributed by atoms with E-state index in [2.05, 4.69) is 4.90 Å². The van der Waals surface area contributed by atoms with Crippen molar-refractivity contribution in [2.75, 3.05) is 26.8 Å². The molecule has 1 aliphatic heterocycles. The lowest BCUT2D eigenvalue weighted by atomic mass is 10.0. The number of nitrogens with zero attached hydrogens (tertiary/aromatic N) is 1. The first kappa shape index (κ1) is 14.4. The Morgan fingerprint density at radius 1 is 1.53 bits per heavy atom. The Morgan fingerprint density at radius 3 is 2.95 bits per heavy atom. The molecule has 1 N–H and O–H groups in total. The van der Waals surface area contributed by atoms with Crippen LogP contribution < -0.4 is 0 Å². The number of rotatable bonds is 5. The van der Waals surface area contributed by atoms with Crippen molar-refractivity contribution in [2.45, 2.75) is 31.9 Å². The van der Waals surface area contributed by atoms with Gasteiger partial charge in [0, 0.05) is 19.2 Å². The zero-order valence-corrected chi connectivity index (χ0v) is 11.6. The van der Waals surface area contributed by atoms with Gasteiger partial charge in [0.25, 0.3) is 0 Å². The maximum atomic E-state index is 13.4. The smallest absolute Gasteiger partial charge is 0.126 e. The first-order valence-corrected chi connectivity index (χ1v) is 6.80. The molecule has 1 aromatic rings. The van der Waals surface area contributed by atoms with Crippen LogP contribution in [0, 0.1) is 12.7 Å². The van der Waals surface area contributed by atoms with Crippen molar-refractivity contribution in [3.63, 3.8) is 0 Å². The van der Waals surface area contributed by atoms with Crippen molar-refractivity contribution >= 4 is 0 Å². The van der Waals surface area contributed by atoms with Crippen LogP contribution in [0.5, 0.6) is 0 Å². The molecule has 1 aromatic carbocycles. The fourth-order valence-corrected chi connectivity index (χ4v) is 2.36. The number of aliphatic hydroxyl groups excluding tert-OH is 1. The Morgan fingerprint density at radius 2 is 2.32 bits per heavy atom. The van der Waals surface area contributed by atoms with Gasteiger partial charge in [0.2, 0.25) is 0 Å². The Labute approximate surface area is 114 Å². The van der Waals surface area contributed by atoms with Crippen LogP contribution in [-0.2, 0) is 4.74 Å². The number of halogens is 1. The minimum Gasteiger partial charge on any atom is -0.388 e. The molecule has 0 amide bonds. The summed E-state index contributed by atoms with van der Waals surface area (Å²) in [6.07, 6.45) is 1.04. The summed E-state index contributed by atoms with van der Waals surface area (Å²) >= 11 is 0. The molecule has 2 atom stereocenters. The second kappa shape index (κ2) is 6.46. The van der Waals surface area contributed by atoms with E-state index in [1.54, 1.807) is 19.1 Å². The second-order valence-corrected chi connectivity index (χ2v) is 5.31. The maximum absolute atomic E-state index is 13.4. The SMILES string of the molecule is Cc1ccc(C(O)CCN(C)C2CCOC2)cc1F.